The standard InChI is InChI=1S/C15H21N3O2/c1-10-5-6-11(14(19)16-2)8-13(10)18-15(20)12-4-3-7-17-9-12/h5-6,8,12,17H,3-4,7,9H2,1-2H3,(H,16,19)(H,18,20)/t12-/m1/s1. The number of hydrogen-bond acceptors (Lipinski definition) is 3. The maximum atomic E-state index is 12.2. The molecule has 0 saturated carbocycles. The SMILES string of the molecule is CNC(=O)c1ccc(C)c(NC(=O)[C@@H]2CCCNC2)c1. The molecule has 5 heteroatoms. The van der Waals surface area contributed by atoms with Gasteiger partial charge in [0.15, 0.2) is 0 Å². The van der Waals surface area contributed by atoms with E-state index in [-0.39, 0.29) is 17.7 Å². The van der Waals surface area contributed by atoms with Gasteiger partial charge in [0.1, 0.15) is 0 Å². The van der Waals surface area contributed by atoms with E-state index in [9.17, 15) is 9.59 Å². The Hall–Kier alpha value is -1.88. The number of nitrogens with one attached hydrogen (secondary N) is 3. The fourth-order valence-electron chi connectivity index (χ4n) is 2.35. The van der Waals surface area contributed by atoms with Crippen LogP contribution in [0.4, 0.5) is 5.69 Å². The minimum Gasteiger partial charge on any atom is -0.355 e. The summed E-state index contributed by atoms with van der Waals surface area (Å²) < 4.78 is 0. The van der Waals surface area contributed by atoms with Crippen LogP contribution in [0, 0.1) is 12.8 Å². The number of benzene rings is 1. The van der Waals surface area contributed by atoms with Crippen molar-refractivity contribution in [2.75, 3.05) is 25.5 Å². The van der Waals surface area contributed by atoms with Crippen LogP contribution in [0.5, 0.6) is 0 Å². The summed E-state index contributed by atoms with van der Waals surface area (Å²) in [5, 5.41) is 8.75. The Morgan fingerprint density at radius 2 is 2.15 bits per heavy atom. The topological polar surface area (TPSA) is 70.2 Å². The molecular formula is C15H21N3O2. The van der Waals surface area contributed by atoms with Crippen molar-refractivity contribution in [1.82, 2.24) is 10.6 Å². The molecule has 0 aromatic heterocycles. The Labute approximate surface area is 119 Å². The average molecular weight is 275 g/mol. The Bertz CT molecular complexity index is 508. The molecule has 1 heterocycles. The first-order valence-electron chi connectivity index (χ1n) is 6.96. The quantitative estimate of drug-likeness (QED) is 0.778. The highest BCUT2D eigenvalue weighted by Gasteiger charge is 2.21. The second-order valence-corrected chi connectivity index (χ2v) is 5.14. The summed E-state index contributed by atoms with van der Waals surface area (Å²) in [4.78, 5) is 23.8. The largest absolute Gasteiger partial charge is 0.355 e. The lowest BCUT2D eigenvalue weighted by atomic mass is 9.98. The smallest absolute Gasteiger partial charge is 0.251 e. The highest BCUT2D eigenvalue weighted by molar-refractivity contribution is 5.98. The predicted octanol–water partition coefficient (Wildman–Crippen LogP) is 1.29. The predicted molar refractivity (Wildman–Crippen MR) is 78.8 cm³/mol. The highest BCUT2D eigenvalue weighted by atomic mass is 16.2. The van der Waals surface area contributed by atoms with Gasteiger partial charge in [-0.25, -0.2) is 0 Å². The molecule has 5 nitrogen and oxygen atoms in total. The monoisotopic (exact) mass is 275 g/mol. The van der Waals surface area contributed by atoms with E-state index in [0.29, 0.717) is 11.3 Å². The van der Waals surface area contributed by atoms with Gasteiger partial charge >= 0.3 is 0 Å². The summed E-state index contributed by atoms with van der Waals surface area (Å²) in [7, 11) is 1.59. The van der Waals surface area contributed by atoms with Crippen LogP contribution >= 0.6 is 0 Å². The average Bonchev–Trinajstić information content (AvgIpc) is 2.49. The Morgan fingerprint density at radius 1 is 1.35 bits per heavy atom. The van der Waals surface area contributed by atoms with E-state index in [1.54, 1.807) is 19.2 Å². The van der Waals surface area contributed by atoms with Crippen LogP contribution in [0.3, 0.4) is 0 Å². The van der Waals surface area contributed by atoms with Crippen LogP contribution in [0.15, 0.2) is 18.2 Å². The van der Waals surface area contributed by atoms with Crippen LogP contribution in [0.1, 0.15) is 28.8 Å². The van der Waals surface area contributed by atoms with E-state index in [4.69, 9.17) is 0 Å². The van der Waals surface area contributed by atoms with Crippen LogP contribution in [0.25, 0.3) is 0 Å². The van der Waals surface area contributed by atoms with Gasteiger partial charge in [-0.2, -0.15) is 0 Å². The van der Waals surface area contributed by atoms with Gasteiger partial charge in [-0.05, 0) is 44.0 Å². The summed E-state index contributed by atoms with van der Waals surface area (Å²) in [6.45, 7) is 3.62. The van der Waals surface area contributed by atoms with Gasteiger partial charge in [0, 0.05) is 24.8 Å². The van der Waals surface area contributed by atoms with Crippen LogP contribution < -0.4 is 16.0 Å². The van der Waals surface area contributed by atoms with Gasteiger partial charge in [-0.3, -0.25) is 9.59 Å². The molecule has 1 aliphatic rings. The summed E-state index contributed by atoms with van der Waals surface area (Å²) in [5.41, 5.74) is 2.21. The Morgan fingerprint density at radius 3 is 2.80 bits per heavy atom. The van der Waals surface area contributed by atoms with Crippen molar-refractivity contribution in [3.8, 4) is 0 Å². The molecule has 1 atom stereocenters. The van der Waals surface area contributed by atoms with E-state index >= 15 is 0 Å². The summed E-state index contributed by atoms with van der Waals surface area (Å²) >= 11 is 0. The number of carbonyl (C=O) groups excluding carboxylic acids is 2. The third-order valence-electron chi connectivity index (χ3n) is 3.65. The van der Waals surface area contributed by atoms with Crippen LogP contribution in [-0.2, 0) is 4.79 Å². The summed E-state index contributed by atoms with van der Waals surface area (Å²) in [6, 6.07) is 5.33. The van der Waals surface area contributed by atoms with E-state index in [2.05, 4.69) is 16.0 Å². The minimum atomic E-state index is -0.153. The van der Waals surface area contributed by atoms with Crippen molar-refractivity contribution >= 4 is 17.5 Å². The van der Waals surface area contributed by atoms with E-state index in [1.807, 2.05) is 13.0 Å². The molecule has 1 aliphatic heterocycles. The minimum absolute atomic E-state index is 0.00630. The molecule has 1 saturated heterocycles. The fraction of sp³-hybridized carbons (Fsp3) is 0.467. The molecule has 108 valence electrons. The number of piperidine rings is 1. The molecule has 0 unspecified atom stereocenters. The second kappa shape index (κ2) is 6.52. The fourth-order valence-corrected chi connectivity index (χ4v) is 2.35. The van der Waals surface area contributed by atoms with E-state index < -0.39 is 0 Å². The number of aryl methyl sites for hydroxylation is 1. The van der Waals surface area contributed by atoms with Gasteiger partial charge in [0.05, 0.1) is 5.92 Å². The zero-order chi connectivity index (χ0) is 14.5. The van der Waals surface area contributed by atoms with Gasteiger partial charge in [-0.15, -0.1) is 0 Å². The summed E-state index contributed by atoms with van der Waals surface area (Å²) in [5.74, 6) is -0.124. The molecular weight excluding hydrogens is 254 g/mol. The van der Waals surface area contributed by atoms with Crippen molar-refractivity contribution in [2.45, 2.75) is 19.8 Å². The lowest BCUT2D eigenvalue weighted by Gasteiger charge is -2.22. The van der Waals surface area contributed by atoms with E-state index in [0.717, 1.165) is 31.5 Å². The molecule has 0 aliphatic carbocycles. The highest BCUT2D eigenvalue weighted by Crippen LogP contribution is 2.19. The van der Waals surface area contributed by atoms with Crippen molar-refractivity contribution in [3.05, 3.63) is 29.3 Å². The van der Waals surface area contributed by atoms with Crippen LogP contribution in [-0.4, -0.2) is 32.0 Å². The zero-order valence-electron chi connectivity index (χ0n) is 12.0. The van der Waals surface area contributed by atoms with Gasteiger partial charge in [0.25, 0.3) is 5.91 Å². The number of anilines is 1. The first kappa shape index (κ1) is 14.5. The second-order valence-electron chi connectivity index (χ2n) is 5.14. The normalized spacial score (nSPS) is 18.4. The van der Waals surface area contributed by atoms with Crippen molar-refractivity contribution in [3.63, 3.8) is 0 Å². The van der Waals surface area contributed by atoms with Gasteiger partial charge < -0.3 is 16.0 Å². The van der Waals surface area contributed by atoms with Crippen LogP contribution in [0.2, 0.25) is 0 Å². The molecule has 0 bridgehead atoms. The lowest BCUT2D eigenvalue weighted by molar-refractivity contribution is -0.120. The maximum Gasteiger partial charge on any atom is 0.251 e. The Balaban J connectivity index is 2.11. The van der Waals surface area contributed by atoms with Crippen molar-refractivity contribution in [1.29, 1.82) is 0 Å². The zero-order valence-corrected chi connectivity index (χ0v) is 12.0. The third kappa shape index (κ3) is 3.36. The molecule has 1 aromatic carbocycles. The number of rotatable bonds is 3. The first-order valence-corrected chi connectivity index (χ1v) is 6.96. The molecule has 2 amide bonds. The Kier molecular flexibility index (Phi) is 4.74. The first-order chi connectivity index (χ1) is 9.61. The summed E-state index contributed by atoms with van der Waals surface area (Å²) in [6.07, 6.45) is 1.93. The lowest BCUT2D eigenvalue weighted by Crippen LogP contribution is -2.37. The number of hydrogen-bond donors (Lipinski definition) is 3. The molecule has 1 fully saturated rings. The molecule has 20 heavy (non-hydrogen) atoms. The number of carbonyl (C=O) groups is 2. The third-order valence-corrected chi connectivity index (χ3v) is 3.65. The molecule has 1 aromatic rings. The molecule has 0 spiro atoms. The molecule has 3 N–H and O–H groups in total. The van der Waals surface area contributed by atoms with E-state index in [1.165, 1.54) is 0 Å². The van der Waals surface area contributed by atoms with Gasteiger partial charge in [-0.1, -0.05) is 6.07 Å². The molecule has 2 rings (SSSR count). The van der Waals surface area contributed by atoms with Crippen molar-refractivity contribution < 1.29 is 9.59 Å². The maximum absolute atomic E-state index is 12.2. The van der Waals surface area contributed by atoms with Crippen molar-refractivity contribution in [2.24, 2.45) is 5.92 Å². The van der Waals surface area contributed by atoms with Gasteiger partial charge in [0.2, 0.25) is 5.91 Å². The molecule has 0 radical (unpaired) electrons. The number of amides is 2.